The Labute approximate surface area is 160 Å². The van der Waals surface area contributed by atoms with Gasteiger partial charge >= 0.3 is 6.09 Å². The third-order valence-corrected chi connectivity index (χ3v) is 3.52. The van der Waals surface area contributed by atoms with Crippen molar-refractivity contribution in [3.05, 3.63) is 35.9 Å². The van der Waals surface area contributed by atoms with Crippen molar-refractivity contribution in [2.24, 2.45) is 5.41 Å². The highest BCUT2D eigenvalue weighted by atomic mass is 16.6. The van der Waals surface area contributed by atoms with Crippen molar-refractivity contribution in [3.63, 3.8) is 0 Å². The second-order valence-corrected chi connectivity index (χ2v) is 6.93. The van der Waals surface area contributed by atoms with Crippen molar-refractivity contribution in [2.75, 3.05) is 39.5 Å². The monoisotopic (exact) mass is 381 g/mol. The van der Waals surface area contributed by atoms with Gasteiger partial charge in [0.15, 0.2) is 0 Å². The van der Waals surface area contributed by atoms with Gasteiger partial charge in [0.1, 0.15) is 12.2 Å². The van der Waals surface area contributed by atoms with Crippen LogP contribution in [0.4, 0.5) is 9.59 Å². The first-order valence-electron chi connectivity index (χ1n) is 8.90. The maximum atomic E-state index is 12.1. The molecule has 0 aliphatic carbocycles. The maximum Gasteiger partial charge on any atom is 0.407 e. The molecule has 0 heterocycles. The van der Waals surface area contributed by atoms with Gasteiger partial charge in [-0.15, -0.1) is 0 Å². The Hall–Kier alpha value is -2.32. The van der Waals surface area contributed by atoms with Gasteiger partial charge in [-0.2, -0.15) is 0 Å². The average Bonchev–Trinajstić information content (AvgIpc) is 2.60. The number of rotatable bonds is 11. The lowest BCUT2D eigenvalue weighted by Crippen LogP contribution is -2.38. The highest BCUT2D eigenvalue weighted by Crippen LogP contribution is 2.35. The molecule has 0 bridgehead atoms. The summed E-state index contributed by atoms with van der Waals surface area (Å²) < 4.78 is 16.1. The minimum Gasteiger partial charge on any atom is -0.530 e. The highest BCUT2D eigenvalue weighted by molar-refractivity contribution is 5.67. The molecule has 152 valence electrons. The largest absolute Gasteiger partial charge is 0.530 e. The quantitative estimate of drug-likeness (QED) is 0.562. The Morgan fingerprint density at radius 2 is 1.52 bits per heavy atom. The summed E-state index contributed by atoms with van der Waals surface area (Å²) in [5.74, 6) is 0. The predicted octanol–water partition coefficient (Wildman–Crippen LogP) is 1.47. The van der Waals surface area contributed by atoms with E-state index < -0.39 is 12.2 Å². The number of amides is 2. The third kappa shape index (κ3) is 10.4. The Balaban J connectivity index is 2.18. The van der Waals surface area contributed by atoms with E-state index in [1.54, 1.807) is 0 Å². The normalized spacial score (nSPS) is 12.3. The van der Waals surface area contributed by atoms with Crippen molar-refractivity contribution < 1.29 is 28.9 Å². The number of alkyl carbamates (subject to hydrolysis) is 1. The van der Waals surface area contributed by atoms with Crippen LogP contribution in [-0.2, 0) is 14.2 Å². The SMILES string of the molecule is CC(C)(C)C(OC(=O)NCCOCCOCCNC(=O)[O-])c1ccccc1. The van der Waals surface area contributed by atoms with E-state index in [1.165, 1.54) is 0 Å². The molecular formula is C19H29N2O6-. The van der Waals surface area contributed by atoms with E-state index in [0.717, 1.165) is 5.56 Å². The molecule has 0 spiro atoms. The molecule has 0 fully saturated rings. The molecule has 27 heavy (non-hydrogen) atoms. The van der Waals surface area contributed by atoms with Crippen molar-refractivity contribution >= 4 is 12.2 Å². The summed E-state index contributed by atoms with van der Waals surface area (Å²) in [5.41, 5.74) is 0.708. The van der Waals surface area contributed by atoms with Gasteiger partial charge in [-0.1, -0.05) is 51.1 Å². The number of carbonyl (C=O) groups is 2. The molecule has 8 nitrogen and oxygen atoms in total. The van der Waals surface area contributed by atoms with Gasteiger partial charge in [0.25, 0.3) is 0 Å². The Morgan fingerprint density at radius 1 is 0.963 bits per heavy atom. The van der Waals surface area contributed by atoms with Gasteiger partial charge < -0.3 is 34.7 Å². The molecule has 0 aromatic heterocycles. The number of carboxylic acid groups (broad SMARTS) is 1. The molecular weight excluding hydrogens is 352 g/mol. The van der Waals surface area contributed by atoms with Gasteiger partial charge in [-0.3, -0.25) is 0 Å². The van der Waals surface area contributed by atoms with Crippen LogP contribution in [0.1, 0.15) is 32.4 Å². The molecule has 1 rings (SSSR count). The zero-order valence-electron chi connectivity index (χ0n) is 16.2. The molecule has 0 radical (unpaired) electrons. The summed E-state index contributed by atoms with van der Waals surface area (Å²) >= 11 is 0. The van der Waals surface area contributed by atoms with Gasteiger partial charge in [-0.05, 0) is 5.56 Å². The fourth-order valence-electron chi connectivity index (χ4n) is 2.29. The summed E-state index contributed by atoms with van der Waals surface area (Å²) in [6, 6.07) is 9.63. The molecule has 0 saturated heterocycles. The van der Waals surface area contributed by atoms with E-state index in [9.17, 15) is 14.7 Å². The van der Waals surface area contributed by atoms with Crippen LogP contribution in [0.5, 0.6) is 0 Å². The molecule has 2 N–H and O–H groups in total. The van der Waals surface area contributed by atoms with Crippen LogP contribution in [0, 0.1) is 5.41 Å². The molecule has 8 heteroatoms. The summed E-state index contributed by atoms with van der Waals surface area (Å²) in [6.45, 7) is 7.78. The highest BCUT2D eigenvalue weighted by Gasteiger charge is 2.29. The van der Waals surface area contributed by atoms with Crippen LogP contribution in [0.15, 0.2) is 30.3 Å². The van der Waals surface area contributed by atoms with Crippen molar-refractivity contribution in [2.45, 2.75) is 26.9 Å². The van der Waals surface area contributed by atoms with Gasteiger partial charge in [-0.25, -0.2) is 4.79 Å². The van der Waals surface area contributed by atoms with E-state index in [0.29, 0.717) is 26.4 Å². The number of ether oxygens (including phenoxy) is 3. The van der Waals surface area contributed by atoms with Crippen molar-refractivity contribution in [3.8, 4) is 0 Å². The number of benzene rings is 1. The topological polar surface area (TPSA) is 109 Å². The zero-order valence-corrected chi connectivity index (χ0v) is 16.2. The van der Waals surface area contributed by atoms with Gasteiger partial charge in [0, 0.05) is 18.5 Å². The second-order valence-electron chi connectivity index (χ2n) is 6.93. The fraction of sp³-hybridized carbons (Fsp3) is 0.579. The van der Waals surface area contributed by atoms with Crippen molar-refractivity contribution in [1.82, 2.24) is 10.6 Å². The number of nitrogens with one attached hydrogen (secondary N) is 2. The summed E-state index contributed by atoms with van der Waals surface area (Å²) in [6.07, 6.45) is -2.18. The van der Waals surface area contributed by atoms with Crippen LogP contribution < -0.4 is 15.7 Å². The summed E-state index contributed by atoms with van der Waals surface area (Å²) in [7, 11) is 0. The first-order valence-corrected chi connectivity index (χ1v) is 8.90. The van der Waals surface area contributed by atoms with Crippen LogP contribution >= 0.6 is 0 Å². The molecule has 0 saturated carbocycles. The number of hydrogen-bond acceptors (Lipinski definition) is 6. The second kappa shape index (κ2) is 12.1. The third-order valence-electron chi connectivity index (χ3n) is 3.52. The fourth-order valence-corrected chi connectivity index (χ4v) is 2.29. The van der Waals surface area contributed by atoms with Crippen LogP contribution in [0.2, 0.25) is 0 Å². The van der Waals surface area contributed by atoms with Gasteiger partial charge in [0.05, 0.1) is 26.4 Å². The smallest absolute Gasteiger partial charge is 0.407 e. The predicted molar refractivity (Wildman–Crippen MR) is 98.2 cm³/mol. The number of hydrogen-bond donors (Lipinski definition) is 2. The van der Waals surface area contributed by atoms with Crippen molar-refractivity contribution in [1.29, 1.82) is 0 Å². The lowest BCUT2D eigenvalue weighted by molar-refractivity contribution is -0.250. The number of carbonyl (C=O) groups excluding carboxylic acids is 2. The van der Waals surface area contributed by atoms with E-state index >= 15 is 0 Å². The first-order chi connectivity index (χ1) is 12.8. The summed E-state index contributed by atoms with van der Waals surface area (Å²) in [4.78, 5) is 22.2. The molecule has 1 aromatic carbocycles. The minimum absolute atomic E-state index is 0.173. The molecule has 1 atom stereocenters. The Bertz CT molecular complexity index is 559. The van der Waals surface area contributed by atoms with Crippen LogP contribution in [0.25, 0.3) is 0 Å². The molecule has 0 aliphatic rings. The lowest BCUT2D eigenvalue weighted by atomic mass is 9.84. The molecule has 0 aliphatic heterocycles. The minimum atomic E-state index is -1.33. The van der Waals surface area contributed by atoms with Crippen LogP contribution in [0.3, 0.4) is 0 Å². The van der Waals surface area contributed by atoms with E-state index in [2.05, 4.69) is 10.6 Å². The molecule has 2 amide bonds. The van der Waals surface area contributed by atoms with Crippen LogP contribution in [-0.4, -0.2) is 51.7 Å². The first kappa shape index (κ1) is 22.7. The summed E-state index contributed by atoms with van der Waals surface area (Å²) in [5, 5.41) is 14.9. The maximum absolute atomic E-state index is 12.1. The lowest BCUT2D eigenvalue weighted by Gasteiger charge is -2.30. The van der Waals surface area contributed by atoms with E-state index in [-0.39, 0.29) is 24.7 Å². The van der Waals surface area contributed by atoms with E-state index in [1.807, 2.05) is 51.1 Å². The Morgan fingerprint density at radius 3 is 2.04 bits per heavy atom. The van der Waals surface area contributed by atoms with E-state index in [4.69, 9.17) is 14.2 Å². The Kier molecular flexibility index (Phi) is 10.2. The van der Waals surface area contributed by atoms with Gasteiger partial charge in [0.2, 0.25) is 0 Å². The molecule has 1 aromatic rings. The molecule has 1 unspecified atom stereocenters. The average molecular weight is 381 g/mol. The standard InChI is InChI=1S/C19H30N2O6/c1-19(2,3)16(15-7-5-4-6-8-15)27-18(24)21-10-12-26-14-13-25-11-9-20-17(22)23/h4-8,16,20H,9-14H2,1-3H3,(H,21,24)(H,22,23)/p-1. The zero-order chi connectivity index (χ0) is 20.1.